The van der Waals surface area contributed by atoms with Crippen molar-refractivity contribution in [1.82, 2.24) is 19.4 Å². The summed E-state index contributed by atoms with van der Waals surface area (Å²) in [7, 11) is 0. The number of carbonyl (C=O) groups excluding carboxylic acids is 2. The van der Waals surface area contributed by atoms with Gasteiger partial charge in [-0.25, -0.2) is 4.98 Å². The topological polar surface area (TPSA) is 84.5 Å². The van der Waals surface area contributed by atoms with Crippen LogP contribution in [0.3, 0.4) is 0 Å². The zero-order valence-electron chi connectivity index (χ0n) is 17.0. The molecule has 0 saturated carbocycles. The molecule has 1 aliphatic rings. The molecule has 0 radical (unpaired) electrons. The summed E-state index contributed by atoms with van der Waals surface area (Å²) >= 11 is 0. The molecule has 2 heterocycles. The standard InChI is InChI=1S/C23H27N5O2/c24-22(30)16-26-12-14-27(15-13-26)17-23-25-19-8-4-5-9-20(19)28(23)11-10-21(29)18-6-2-1-3-7-18/h1-9H,10-17H2,(H2,24,30). The van der Waals surface area contributed by atoms with Gasteiger partial charge in [-0.05, 0) is 12.1 Å². The van der Waals surface area contributed by atoms with Crippen LogP contribution in [0.15, 0.2) is 54.6 Å². The molecule has 2 N–H and O–H groups in total. The zero-order chi connectivity index (χ0) is 20.9. The van der Waals surface area contributed by atoms with Gasteiger partial charge in [0, 0.05) is 44.7 Å². The molecular formula is C23H27N5O2. The number of carbonyl (C=O) groups is 2. The smallest absolute Gasteiger partial charge is 0.231 e. The lowest BCUT2D eigenvalue weighted by molar-refractivity contribution is -0.119. The van der Waals surface area contributed by atoms with Crippen LogP contribution in [0.5, 0.6) is 0 Å². The van der Waals surface area contributed by atoms with Gasteiger partial charge in [0.1, 0.15) is 5.82 Å². The van der Waals surface area contributed by atoms with E-state index in [1.807, 2.05) is 48.5 Å². The van der Waals surface area contributed by atoms with Gasteiger partial charge in [0.15, 0.2) is 5.78 Å². The Hall–Kier alpha value is -3.03. The van der Waals surface area contributed by atoms with E-state index in [1.165, 1.54) is 0 Å². The van der Waals surface area contributed by atoms with E-state index < -0.39 is 0 Å². The monoisotopic (exact) mass is 405 g/mol. The molecule has 2 aromatic carbocycles. The number of aromatic nitrogens is 2. The minimum atomic E-state index is -0.284. The van der Waals surface area contributed by atoms with Crippen molar-refractivity contribution in [3.63, 3.8) is 0 Å². The molecular weight excluding hydrogens is 378 g/mol. The summed E-state index contributed by atoms with van der Waals surface area (Å²) in [6, 6.07) is 17.5. The highest BCUT2D eigenvalue weighted by Crippen LogP contribution is 2.19. The molecule has 1 aromatic heterocycles. The predicted molar refractivity (Wildman–Crippen MR) is 116 cm³/mol. The Balaban J connectivity index is 1.47. The number of amides is 1. The molecule has 0 atom stereocenters. The van der Waals surface area contributed by atoms with Gasteiger partial charge in [0.05, 0.1) is 24.1 Å². The van der Waals surface area contributed by atoms with Crippen molar-refractivity contribution >= 4 is 22.7 Å². The number of imidazole rings is 1. The van der Waals surface area contributed by atoms with Crippen molar-refractivity contribution in [3.8, 4) is 0 Å². The van der Waals surface area contributed by atoms with Crippen LogP contribution in [-0.4, -0.2) is 63.8 Å². The summed E-state index contributed by atoms with van der Waals surface area (Å²) < 4.78 is 2.17. The van der Waals surface area contributed by atoms with Gasteiger partial charge in [-0.1, -0.05) is 42.5 Å². The number of para-hydroxylation sites is 2. The molecule has 7 nitrogen and oxygen atoms in total. The van der Waals surface area contributed by atoms with E-state index in [0.29, 0.717) is 19.5 Å². The quantitative estimate of drug-likeness (QED) is 0.579. The molecule has 0 bridgehead atoms. The molecule has 0 unspecified atom stereocenters. The molecule has 1 amide bonds. The van der Waals surface area contributed by atoms with Crippen LogP contribution in [0.25, 0.3) is 11.0 Å². The number of Topliss-reactive ketones (excluding diaryl/α,β-unsaturated/α-hetero) is 1. The highest BCUT2D eigenvalue weighted by Gasteiger charge is 2.21. The number of benzene rings is 2. The highest BCUT2D eigenvalue weighted by atomic mass is 16.1. The van der Waals surface area contributed by atoms with Crippen LogP contribution in [0.2, 0.25) is 0 Å². The Morgan fingerprint density at radius 3 is 2.30 bits per heavy atom. The van der Waals surface area contributed by atoms with E-state index >= 15 is 0 Å². The minimum absolute atomic E-state index is 0.138. The first kappa shape index (κ1) is 20.3. The Bertz CT molecular complexity index is 1020. The second-order valence-corrected chi connectivity index (χ2v) is 7.73. The normalized spacial score (nSPS) is 15.5. The first-order valence-electron chi connectivity index (χ1n) is 10.4. The van der Waals surface area contributed by atoms with Crippen LogP contribution in [-0.2, 0) is 17.9 Å². The molecule has 7 heteroatoms. The van der Waals surface area contributed by atoms with Crippen LogP contribution < -0.4 is 5.73 Å². The average molecular weight is 406 g/mol. The van der Waals surface area contributed by atoms with Crippen molar-refractivity contribution < 1.29 is 9.59 Å². The number of hydrogen-bond donors (Lipinski definition) is 1. The van der Waals surface area contributed by atoms with Gasteiger partial charge in [-0.15, -0.1) is 0 Å². The van der Waals surface area contributed by atoms with Gasteiger partial charge in [-0.2, -0.15) is 0 Å². The first-order valence-corrected chi connectivity index (χ1v) is 10.4. The van der Waals surface area contributed by atoms with E-state index in [-0.39, 0.29) is 11.7 Å². The van der Waals surface area contributed by atoms with Crippen LogP contribution in [0, 0.1) is 0 Å². The summed E-state index contributed by atoms with van der Waals surface area (Å²) in [5, 5.41) is 0. The largest absolute Gasteiger partial charge is 0.369 e. The maximum Gasteiger partial charge on any atom is 0.231 e. The molecule has 1 saturated heterocycles. The van der Waals surface area contributed by atoms with Crippen LogP contribution in [0.1, 0.15) is 22.6 Å². The van der Waals surface area contributed by atoms with Crippen molar-refractivity contribution in [1.29, 1.82) is 0 Å². The number of ketones is 1. The molecule has 3 aromatic rings. The van der Waals surface area contributed by atoms with Crippen molar-refractivity contribution in [2.24, 2.45) is 5.73 Å². The van der Waals surface area contributed by atoms with E-state index in [9.17, 15) is 9.59 Å². The molecule has 156 valence electrons. The Morgan fingerprint density at radius 2 is 1.57 bits per heavy atom. The van der Waals surface area contributed by atoms with Gasteiger partial charge >= 0.3 is 0 Å². The third-order valence-electron chi connectivity index (χ3n) is 5.60. The van der Waals surface area contributed by atoms with Gasteiger partial charge in [0.25, 0.3) is 0 Å². The number of aryl methyl sites for hydroxylation is 1. The fourth-order valence-corrected chi connectivity index (χ4v) is 4.00. The third-order valence-corrected chi connectivity index (χ3v) is 5.60. The number of nitrogens with zero attached hydrogens (tertiary/aromatic N) is 4. The maximum absolute atomic E-state index is 12.6. The maximum atomic E-state index is 12.6. The summed E-state index contributed by atoms with van der Waals surface area (Å²) in [6.07, 6.45) is 0.434. The number of hydrogen-bond acceptors (Lipinski definition) is 5. The molecule has 0 aliphatic carbocycles. The number of primary amides is 1. The fraction of sp³-hybridized carbons (Fsp3) is 0.348. The lowest BCUT2D eigenvalue weighted by atomic mass is 10.1. The molecule has 1 aliphatic heterocycles. The highest BCUT2D eigenvalue weighted by molar-refractivity contribution is 5.96. The molecule has 4 rings (SSSR count). The van der Waals surface area contributed by atoms with Crippen molar-refractivity contribution in [2.75, 3.05) is 32.7 Å². The summed E-state index contributed by atoms with van der Waals surface area (Å²) in [6.45, 7) is 4.99. The van der Waals surface area contributed by atoms with E-state index in [4.69, 9.17) is 10.7 Å². The lowest BCUT2D eigenvalue weighted by Crippen LogP contribution is -2.48. The van der Waals surface area contributed by atoms with E-state index in [2.05, 4.69) is 20.4 Å². The van der Waals surface area contributed by atoms with Crippen molar-refractivity contribution in [3.05, 3.63) is 66.0 Å². The second-order valence-electron chi connectivity index (χ2n) is 7.73. The van der Waals surface area contributed by atoms with Gasteiger partial charge in [-0.3, -0.25) is 19.4 Å². The Morgan fingerprint density at radius 1 is 0.900 bits per heavy atom. The summed E-state index contributed by atoms with van der Waals surface area (Å²) in [4.78, 5) is 33.0. The van der Waals surface area contributed by atoms with E-state index in [0.717, 1.165) is 55.1 Å². The van der Waals surface area contributed by atoms with Crippen LogP contribution >= 0.6 is 0 Å². The van der Waals surface area contributed by atoms with E-state index in [1.54, 1.807) is 0 Å². The lowest BCUT2D eigenvalue weighted by Gasteiger charge is -2.33. The Labute approximate surface area is 176 Å². The third kappa shape index (κ3) is 4.75. The molecule has 30 heavy (non-hydrogen) atoms. The second kappa shape index (κ2) is 9.19. The first-order chi connectivity index (χ1) is 14.6. The number of nitrogens with two attached hydrogens (primary N) is 1. The van der Waals surface area contributed by atoms with Gasteiger partial charge in [0.2, 0.25) is 5.91 Å². The fourth-order valence-electron chi connectivity index (χ4n) is 4.00. The number of rotatable bonds is 8. The average Bonchev–Trinajstić information content (AvgIpc) is 3.10. The molecule has 0 spiro atoms. The van der Waals surface area contributed by atoms with Crippen molar-refractivity contribution in [2.45, 2.75) is 19.5 Å². The minimum Gasteiger partial charge on any atom is -0.369 e. The Kier molecular flexibility index (Phi) is 6.21. The van der Waals surface area contributed by atoms with Crippen LogP contribution in [0.4, 0.5) is 0 Å². The molecule has 1 fully saturated rings. The zero-order valence-corrected chi connectivity index (χ0v) is 17.0. The van der Waals surface area contributed by atoms with Gasteiger partial charge < -0.3 is 10.3 Å². The number of fused-ring (bicyclic) bond motifs is 1. The number of piperazine rings is 1. The SMILES string of the molecule is NC(=O)CN1CCN(Cc2nc3ccccc3n2CCC(=O)c2ccccc2)CC1. The predicted octanol–water partition coefficient (Wildman–Crippen LogP) is 1.91. The summed E-state index contributed by atoms with van der Waals surface area (Å²) in [5.74, 6) is 0.827. The summed E-state index contributed by atoms with van der Waals surface area (Å²) in [5.41, 5.74) is 8.06.